The van der Waals surface area contributed by atoms with Gasteiger partial charge in [-0.15, -0.1) is 0 Å². The summed E-state index contributed by atoms with van der Waals surface area (Å²) in [4.78, 5) is 12.2. The fraction of sp³-hybridized carbons (Fsp3) is 0.533. The zero-order valence-electron chi connectivity index (χ0n) is 12.3. The zero-order valence-corrected chi connectivity index (χ0v) is 13.2. The fourth-order valence-corrected chi connectivity index (χ4v) is 3.50. The van der Waals surface area contributed by atoms with Gasteiger partial charge in [0.25, 0.3) is 0 Å². The zero-order chi connectivity index (χ0) is 15.6. The molecule has 0 aliphatic heterocycles. The standard InChI is InChI=1S/C15H21NO4S/c1-10-5-3-4-6-13(10)20-15(17)12-8-7-11(2)14(9-12)21(16,18)19/h7-10,13H,3-6H2,1-2H3,(H2,16,18,19). The van der Waals surface area contributed by atoms with Gasteiger partial charge in [0.1, 0.15) is 6.10 Å². The van der Waals surface area contributed by atoms with Gasteiger partial charge in [-0.2, -0.15) is 0 Å². The molecule has 1 aromatic carbocycles. The largest absolute Gasteiger partial charge is 0.459 e. The van der Waals surface area contributed by atoms with Crippen molar-refractivity contribution in [1.29, 1.82) is 0 Å². The third-order valence-electron chi connectivity index (χ3n) is 4.02. The van der Waals surface area contributed by atoms with Crippen LogP contribution in [0.2, 0.25) is 0 Å². The van der Waals surface area contributed by atoms with E-state index in [1.165, 1.54) is 6.07 Å². The van der Waals surface area contributed by atoms with Crippen molar-refractivity contribution < 1.29 is 17.9 Å². The average Bonchev–Trinajstić information content (AvgIpc) is 2.40. The molecule has 1 aliphatic carbocycles. The lowest BCUT2D eigenvalue weighted by molar-refractivity contribution is 0.00479. The van der Waals surface area contributed by atoms with Gasteiger partial charge in [-0.25, -0.2) is 18.4 Å². The predicted octanol–water partition coefficient (Wildman–Crippen LogP) is 2.38. The second kappa shape index (κ2) is 6.15. The van der Waals surface area contributed by atoms with E-state index < -0.39 is 16.0 Å². The van der Waals surface area contributed by atoms with E-state index in [1.807, 2.05) is 0 Å². The number of hydrogen-bond acceptors (Lipinski definition) is 4. The summed E-state index contributed by atoms with van der Waals surface area (Å²) in [7, 11) is -3.84. The summed E-state index contributed by atoms with van der Waals surface area (Å²) in [6, 6.07) is 4.43. The van der Waals surface area contributed by atoms with E-state index >= 15 is 0 Å². The maximum absolute atomic E-state index is 12.2. The molecule has 0 spiro atoms. The summed E-state index contributed by atoms with van der Waals surface area (Å²) in [6.07, 6.45) is 4.04. The van der Waals surface area contributed by atoms with E-state index in [-0.39, 0.29) is 16.6 Å². The van der Waals surface area contributed by atoms with Gasteiger partial charge in [-0.3, -0.25) is 0 Å². The van der Waals surface area contributed by atoms with Crippen molar-refractivity contribution in [3.05, 3.63) is 29.3 Å². The fourth-order valence-electron chi connectivity index (χ4n) is 2.70. The van der Waals surface area contributed by atoms with E-state index in [0.717, 1.165) is 25.7 Å². The Hall–Kier alpha value is -1.40. The van der Waals surface area contributed by atoms with E-state index in [9.17, 15) is 13.2 Å². The Kier molecular flexibility index (Phi) is 4.68. The van der Waals surface area contributed by atoms with Crippen LogP contribution in [0.5, 0.6) is 0 Å². The molecule has 1 aliphatic rings. The minimum atomic E-state index is -3.84. The highest BCUT2D eigenvalue weighted by atomic mass is 32.2. The second-order valence-corrected chi connectivity index (χ2v) is 7.26. The second-order valence-electron chi connectivity index (χ2n) is 5.73. The van der Waals surface area contributed by atoms with Crippen LogP contribution < -0.4 is 5.14 Å². The number of esters is 1. The van der Waals surface area contributed by atoms with Crippen LogP contribution in [-0.2, 0) is 14.8 Å². The summed E-state index contributed by atoms with van der Waals surface area (Å²) < 4.78 is 28.5. The molecule has 116 valence electrons. The summed E-state index contributed by atoms with van der Waals surface area (Å²) in [5, 5.41) is 5.15. The van der Waals surface area contributed by atoms with Gasteiger partial charge in [0, 0.05) is 0 Å². The van der Waals surface area contributed by atoms with E-state index in [0.29, 0.717) is 11.5 Å². The smallest absolute Gasteiger partial charge is 0.338 e. The Bertz CT molecular complexity index is 639. The molecule has 2 atom stereocenters. The van der Waals surface area contributed by atoms with Crippen LogP contribution in [0.25, 0.3) is 0 Å². The molecule has 5 nitrogen and oxygen atoms in total. The normalized spacial score (nSPS) is 22.8. The molecule has 1 fully saturated rings. The maximum Gasteiger partial charge on any atom is 0.338 e. The monoisotopic (exact) mass is 311 g/mol. The van der Waals surface area contributed by atoms with Crippen LogP contribution in [0, 0.1) is 12.8 Å². The Morgan fingerprint density at radius 2 is 1.95 bits per heavy atom. The molecule has 0 bridgehead atoms. The predicted molar refractivity (Wildman–Crippen MR) is 79.4 cm³/mol. The first-order valence-corrected chi connectivity index (χ1v) is 8.68. The third kappa shape index (κ3) is 3.83. The van der Waals surface area contributed by atoms with Crippen molar-refractivity contribution in [2.24, 2.45) is 11.1 Å². The minimum Gasteiger partial charge on any atom is -0.459 e. The van der Waals surface area contributed by atoms with Crippen LogP contribution in [0.1, 0.15) is 48.5 Å². The Morgan fingerprint density at radius 3 is 2.57 bits per heavy atom. The highest BCUT2D eigenvalue weighted by Crippen LogP contribution is 2.27. The Balaban J connectivity index is 2.20. The van der Waals surface area contributed by atoms with Gasteiger partial charge < -0.3 is 4.74 Å². The van der Waals surface area contributed by atoms with Crippen molar-refractivity contribution in [3.8, 4) is 0 Å². The lowest BCUT2D eigenvalue weighted by Gasteiger charge is -2.28. The first-order chi connectivity index (χ1) is 9.79. The van der Waals surface area contributed by atoms with Crippen molar-refractivity contribution >= 4 is 16.0 Å². The van der Waals surface area contributed by atoms with E-state index in [1.54, 1.807) is 19.1 Å². The van der Waals surface area contributed by atoms with Gasteiger partial charge in [0.15, 0.2) is 0 Å². The van der Waals surface area contributed by atoms with Gasteiger partial charge in [0.2, 0.25) is 10.0 Å². The quantitative estimate of drug-likeness (QED) is 0.868. The lowest BCUT2D eigenvalue weighted by Crippen LogP contribution is -2.28. The first-order valence-electron chi connectivity index (χ1n) is 7.13. The number of sulfonamides is 1. The Morgan fingerprint density at radius 1 is 1.29 bits per heavy atom. The summed E-state index contributed by atoms with van der Waals surface area (Å²) in [6.45, 7) is 3.71. The van der Waals surface area contributed by atoms with Gasteiger partial charge in [0.05, 0.1) is 10.5 Å². The molecular formula is C15H21NO4S. The van der Waals surface area contributed by atoms with E-state index in [4.69, 9.17) is 9.88 Å². The molecule has 6 heteroatoms. The van der Waals surface area contributed by atoms with Crippen molar-refractivity contribution in [1.82, 2.24) is 0 Å². The molecule has 0 aromatic heterocycles. The number of rotatable bonds is 3. The molecule has 0 heterocycles. The minimum absolute atomic E-state index is 0.0337. The SMILES string of the molecule is Cc1ccc(C(=O)OC2CCCCC2C)cc1S(N)(=O)=O. The first kappa shape index (κ1) is 16.0. The number of ether oxygens (including phenoxy) is 1. The number of aryl methyl sites for hydroxylation is 1. The van der Waals surface area contributed by atoms with E-state index in [2.05, 4.69) is 6.92 Å². The van der Waals surface area contributed by atoms with Gasteiger partial charge in [-0.05, 0) is 49.8 Å². The van der Waals surface area contributed by atoms with Gasteiger partial charge in [-0.1, -0.05) is 19.4 Å². The molecule has 2 unspecified atom stereocenters. The lowest BCUT2D eigenvalue weighted by atomic mass is 9.88. The third-order valence-corrected chi connectivity index (χ3v) is 5.07. The molecule has 2 rings (SSSR count). The molecule has 2 N–H and O–H groups in total. The molecule has 1 saturated carbocycles. The number of nitrogens with two attached hydrogens (primary N) is 1. The Labute approximate surface area is 125 Å². The summed E-state index contributed by atoms with van der Waals surface area (Å²) >= 11 is 0. The maximum atomic E-state index is 12.2. The molecule has 21 heavy (non-hydrogen) atoms. The van der Waals surface area contributed by atoms with Crippen LogP contribution >= 0.6 is 0 Å². The molecular weight excluding hydrogens is 290 g/mol. The average molecular weight is 311 g/mol. The van der Waals surface area contributed by atoms with Crippen LogP contribution in [0.15, 0.2) is 23.1 Å². The number of benzene rings is 1. The highest BCUT2D eigenvalue weighted by Gasteiger charge is 2.26. The molecule has 0 amide bonds. The van der Waals surface area contributed by atoms with Crippen molar-refractivity contribution in [2.45, 2.75) is 50.5 Å². The molecule has 0 radical (unpaired) electrons. The topological polar surface area (TPSA) is 86.5 Å². The van der Waals surface area contributed by atoms with Crippen LogP contribution in [0.3, 0.4) is 0 Å². The summed E-state index contributed by atoms with van der Waals surface area (Å²) in [5.41, 5.74) is 0.738. The number of carbonyl (C=O) groups is 1. The summed E-state index contributed by atoms with van der Waals surface area (Å²) in [5.74, 6) is -0.149. The number of primary sulfonamides is 1. The van der Waals surface area contributed by atoms with Gasteiger partial charge >= 0.3 is 5.97 Å². The van der Waals surface area contributed by atoms with Crippen LogP contribution in [0.4, 0.5) is 0 Å². The van der Waals surface area contributed by atoms with Crippen molar-refractivity contribution in [2.75, 3.05) is 0 Å². The molecule has 1 aromatic rings. The van der Waals surface area contributed by atoms with Crippen LogP contribution in [-0.4, -0.2) is 20.5 Å². The van der Waals surface area contributed by atoms with Crippen molar-refractivity contribution in [3.63, 3.8) is 0 Å². The highest BCUT2D eigenvalue weighted by molar-refractivity contribution is 7.89. The number of carbonyl (C=O) groups excluding carboxylic acids is 1. The molecule has 0 saturated heterocycles. The number of hydrogen-bond donors (Lipinski definition) is 1.